The molecule has 1 aliphatic carbocycles. The Bertz CT molecular complexity index is 2080. The molecule has 0 spiro atoms. The van der Waals surface area contributed by atoms with E-state index in [0.717, 1.165) is 27.9 Å². The number of ether oxygens (including phenoxy) is 3. The summed E-state index contributed by atoms with van der Waals surface area (Å²) in [4.78, 5) is 12.9. The van der Waals surface area contributed by atoms with Crippen LogP contribution in [0.3, 0.4) is 0 Å². The van der Waals surface area contributed by atoms with Crippen LogP contribution in [0.2, 0.25) is 0 Å². The number of carbonyl (C=O) groups is 1. The number of carboxylic acids is 1. The van der Waals surface area contributed by atoms with E-state index in [9.17, 15) is 26.2 Å². The van der Waals surface area contributed by atoms with Gasteiger partial charge in [-0.05, 0) is 80.6 Å². The number of hydrogen-bond donors (Lipinski definition) is 2. The molecule has 0 radical (unpaired) electrons. The van der Waals surface area contributed by atoms with Crippen LogP contribution in [0.5, 0.6) is 0 Å². The Morgan fingerprint density at radius 3 is 2.42 bits per heavy atom. The molecule has 16 heteroatoms. The fraction of sp³-hybridized carbons (Fsp3) is 0.487. The van der Waals surface area contributed by atoms with Gasteiger partial charge in [0.1, 0.15) is 29.0 Å². The third-order valence-electron chi connectivity index (χ3n) is 9.65. The molecule has 1 aromatic carbocycles. The molecular formula is C39H52N2O12S2. The summed E-state index contributed by atoms with van der Waals surface area (Å²) in [5, 5.41) is 9.98. The average molecular weight is 805 g/mol. The summed E-state index contributed by atoms with van der Waals surface area (Å²) in [5.74, 6) is -0.554. The van der Waals surface area contributed by atoms with Crippen molar-refractivity contribution < 1.29 is 54.5 Å². The fourth-order valence-electron chi connectivity index (χ4n) is 6.76. The molecule has 55 heavy (non-hydrogen) atoms. The quantitative estimate of drug-likeness (QED) is 0.0758. The van der Waals surface area contributed by atoms with E-state index >= 15 is 0 Å². The SMILES string of the molecule is CC[N+](CCCS(=O)(=O)O)=c1ccc2c(/C=C/C=C3/N(CCCCCC(=O)O)c4ccc(S(=O)(=O)[O-])cc4C3(C)CCOCCOCCOC)ccoc-2c1. The Morgan fingerprint density at radius 1 is 0.982 bits per heavy atom. The van der Waals surface area contributed by atoms with Gasteiger partial charge in [-0.1, -0.05) is 18.6 Å². The fourth-order valence-corrected chi connectivity index (χ4v) is 7.76. The number of hydrogen-bond acceptors (Lipinski definition) is 11. The lowest BCUT2D eigenvalue weighted by atomic mass is 9.78. The normalized spacial score (nSPS) is 17.4. The van der Waals surface area contributed by atoms with Crippen LogP contribution < -0.4 is 14.8 Å². The molecule has 0 bridgehead atoms. The summed E-state index contributed by atoms with van der Waals surface area (Å²) in [6.07, 6.45) is 10.1. The molecule has 14 nitrogen and oxygen atoms in total. The Balaban J connectivity index is 1.69. The molecule has 302 valence electrons. The second kappa shape index (κ2) is 20.3. The second-order valence-electron chi connectivity index (χ2n) is 13.5. The smallest absolute Gasteiger partial charge is 0.303 e. The number of carboxylic acid groups (broad SMARTS) is 1. The van der Waals surface area contributed by atoms with Gasteiger partial charge in [-0.2, -0.15) is 8.42 Å². The van der Waals surface area contributed by atoms with Crippen molar-refractivity contribution >= 4 is 38.0 Å². The Labute approximate surface area is 323 Å². The highest BCUT2D eigenvalue weighted by molar-refractivity contribution is 7.86. The zero-order chi connectivity index (χ0) is 40.1. The van der Waals surface area contributed by atoms with E-state index in [4.69, 9.17) is 28.3 Å². The van der Waals surface area contributed by atoms with Gasteiger partial charge >= 0.3 is 5.97 Å². The van der Waals surface area contributed by atoms with Crippen LogP contribution in [-0.4, -0.2) is 103 Å². The molecule has 1 aromatic rings. The van der Waals surface area contributed by atoms with E-state index in [1.165, 1.54) is 12.1 Å². The molecular weight excluding hydrogens is 753 g/mol. The van der Waals surface area contributed by atoms with E-state index in [-0.39, 0.29) is 23.5 Å². The molecule has 1 atom stereocenters. The van der Waals surface area contributed by atoms with Crippen molar-refractivity contribution in [3.05, 3.63) is 83.1 Å². The summed E-state index contributed by atoms with van der Waals surface area (Å²) in [5.41, 5.74) is 3.27. The maximum Gasteiger partial charge on any atom is 0.303 e. The first kappa shape index (κ1) is 43.8. The number of nitrogens with zero attached hydrogens (tertiary/aromatic N) is 2. The van der Waals surface area contributed by atoms with E-state index in [1.807, 2.05) is 60.9 Å². The van der Waals surface area contributed by atoms with E-state index in [0.29, 0.717) is 89.7 Å². The zero-order valence-electron chi connectivity index (χ0n) is 31.6. The highest BCUT2D eigenvalue weighted by Crippen LogP contribution is 2.51. The van der Waals surface area contributed by atoms with Crippen LogP contribution in [0.4, 0.5) is 5.69 Å². The van der Waals surface area contributed by atoms with Gasteiger partial charge in [-0.15, -0.1) is 0 Å². The largest absolute Gasteiger partial charge is 0.744 e. The third-order valence-corrected chi connectivity index (χ3v) is 11.3. The number of unbranched alkanes of at least 4 members (excludes halogenated alkanes) is 2. The predicted octanol–water partition coefficient (Wildman–Crippen LogP) is 4.75. The first-order valence-electron chi connectivity index (χ1n) is 18.4. The van der Waals surface area contributed by atoms with Crippen molar-refractivity contribution in [2.45, 2.75) is 62.7 Å². The molecule has 0 saturated heterocycles. The monoisotopic (exact) mass is 804 g/mol. The lowest BCUT2D eigenvalue weighted by Crippen LogP contribution is -2.31. The third kappa shape index (κ3) is 12.6. The number of allylic oxidation sites excluding steroid dienone is 3. The molecule has 0 amide bonds. The van der Waals surface area contributed by atoms with Crippen molar-refractivity contribution in [1.82, 2.24) is 4.58 Å². The van der Waals surface area contributed by atoms with Gasteiger partial charge in [0.05, 0.1) is 49.4 Å². The van der Waals surface area contributed by atoms with Crippen LogP contribution in [0, 0.1) is 0 Å². The molecule has 2 aliphatic heterocycles. The summed E-state index contributed by atoms with van der Waals surface area (Å²) in [6, 6.07) is 12.1. The topological polar surface area (TPSA) is 196 Å². The van der Waals surface area contributed by atoms with Gasteiger partial charge in [-0.3, -0.25) is 9.35 Å². The van der Waals surface area contributed by atoms with Gasteiger partial charge in [0.25, 0.3) is 10.1 Å². The standard InChI is InChI=1S/C39H52N2O12S2/c1-4-40(19-9-27-54(44,45)46)31-13-15-33-30(17-21-53-36(33)28-31)10-8-11-37-39(2,18-22-51-25-26-52-24-23-50-3)34-29-32(55(47,48)49)14-16-35(34)41(37)20-7-5-6-12-38(42)43/h8,10-11,13-17,21,28-29H,4-7,9,12,18-20,22-27H2,1-3H3,(H2-,42,43,44,45,46,47,48,49). The Hall–Kier alpha value is -3.90. The van der Waals surface area contributed by atoms with Gasteiger partial charge in [0, 0.05) is 61.5 Å². The Morgan fingerprint density at radius 2 is 1.73 bits per heavy atom. The van der Waals surface area contributed by atoms with E-state index in [2.05, 4.69) is 4.90 Å². The second-order valence-corrected chi connectivity index (χ2v) is 16.4. The van der Waals surface area contributed by atoms with Crippen molar-refractivity contribution in [1.29, 1.82) is 0 Å². The van der Waals surface area contributed by atoms with Crippen LogP contribution in [0.15, 0.2) is 75.9 Å². The van der Waals surface area contributed by atoms with Crippen LogP contribution in [-0.2, 0) is 44.7 Å². The number of rotatable bonds is 23. The lowest BCUT2D eigenvalue weighted by molar-refractivity contribution is -0.137. The molecule has 0 aromatic heterocycles. The van der Waals surface area contributed by atoms with Crippen LogP contribution >= 0.6 is 0 Å². The van der Waals surface area contributed by atoms with Gasteiger partial charge in [-0.25, -0.2) is 13.0 Å². The van der Waals surface area contributed by atoms with Crippen LogP contribution in [0.25, 0.3) is 17.4 Å². The number of benzene rings is 2. The number of fused-ring (bicyclic) bond motifs is 2. The molecule has 0 saturated carbocycles. The molecule has 3 aliphatic rings. The van der Waals surface area contributed by atoms with Gasteiger partial charge < -0.3 is 33.2 Å². The number of methoxy groups -OCH3 is 1. The molecule has 1 unspecified atom stereocenters. The van der Waals surface area contributed by atoms with Crippen LogP contribution in [0.1, 0.15) is 63.5 Å². The lowest BCUT2D eigenvalue weighted by Gasteiger charge is -2.30. The summed E-state index contributed by atoms with van der Waals surface area (Å²) in [7, 11) is -7.19. The maximum atomic E-state index is 12.2. The summed E-state index contributed by atoms with van der Waals surface area (Å²) < 4.78 is 92.5. The average Bonchev–Trinajstić information content (AvgIpc) is 3.36. The highest BCUT2D eigenvalue weighted by atomic mass is 32.2. The van der Waals surface area contributed by atoms with Gasteiger partial charge in [0.2, 0.25) is 5.36 Å². The van der Waals surface area contributed by atoms with Crippen molar-refractivity contribution in [2.75, 3.05) is 70.4 Å². The minimum absolute atomic E-state index is 0.0697. The molecule has 2 heterocycles. The van der Waals surface area contributed by atoms with Gasteiger partial charge in [0.15, 0.2) is 0 Å². The summed E-state index contributed by atoms with van der Waals surface area (Å²) >= 11 is 0. The van der Waals surface area contributed by atoms with E-state index in [1.54, 1.807) is 19.4 Å². The van der Waals surface area contributed by atoms with E-state index < -0.39 is 31.6 Å². The minimum Gasteiger partial charge on any atom is -0.744 e. The molecule has 4 rings (SSSR count). The van der Waals surface area contributed by atoms with Crippen molar-refractivity contribution in [3.63, 3.8) is 0 Å². The molecule has 0 fully saturated rings. The molecule has 2 N–H and O–H groups in total. The first-order valence-corrected chi connectivity index (χ1v) is 21.4. The highest BCUT2D eigenvalue weighted by Gasteiger charge is 2.43. The van der Waals surface area contributed by atoms with Crippen molar-refractivity contribution in [3.8, 4) is 11.3 Å². The zero-order valence-corrected chi connectivity index (χ0v) is 33.3. The predicted molar refractivity (Wildman–Crippen MR) is 207 cm³/mol. The maximum absolute atomic E-state index is 12.2. The Kier molecular flexibility index (Phi) is 16.2. The number of aliphatic carboxylic acids is 1. The van der Waals surface area contributed by atoms with Crippen molar-refractivity contribution in [2.24, 2.45) is 0 Å². The minimum atomic E-state index is -4.74. The summed E-state index contributed by atoms with van der Waals surface area (Å²) in [6.45, 7) is 7.53. The first-order chi connectivity index (χ1) is 26.2. The number of anilines is 1.